The molecular weight excluding hydrogens is 256 g/mol. The van der Waals surface area contributed by atoms with Gasteiger partial charge in [0.1, 0.15) is 5.54 Å². The SMILES string of the molecule is CC(N)C1CN(CC(=O)NC(C)(C#N)C2CC2)CCO1. The molecule has 1 aliphatic heterocycles. The van der Waals surface area contributed by atoms with E-state index in [0.717, 1.165) is 19.4 Å². The van der Waals surface area contributed by atoms with Crippen molar-refractivity contribution in [3.63, 3.8) is 0 Å². The Morgan fingerprint density at radius 2 is 2.35 bits per heavy atom. The van der Waals surface area contributed by atoms with Gasteiger partial charge in [-0.05, 0) is 32.6 Å². The van der Waals surface area contributed by atoms with Gasteiger partial charge in [0.25, 0.3) is 0 Å². The first-order valence-corrected chi connectivity index (χ1v) is 7.26. The van der Waals surface area contributed by atoms with Crippen LogP contribution in [-0.2, 0) is 9.53 Å². The van der Waals surface area contributed by atoms with Gasteiger partial charge in [0, 0.05) is 19.1 Å². The van der Waals surface area contributed by atoms with Crippen LogP contribution < -0.4 is 11.1 Å². The molecule has 0 spiro atoms. The van der Waals surface area contributed by atoms with Crippen LogP contribution in [0.4, 0.5) is 0 Å². The average molecular weight is 280 g/mol. The van der Waals surface area contributed by atoms with E-state index in [9.17, 15) is 10.1 Å². The predicted octanol–water partition coefficient (Wildman–Crippen LogP) is -0.157. The molecule has 1 saturated heterocycles. The Labute approximate surface area is 120 Å². The van der Waals surface area contributed by atoms with Crippen LogP contribution in [0.2, 0.25) is 0 Å². The van der Waals surface area contributed by atoms with Crippen molar-refractivity contribution in [2.45, 2.75) is 44.4 Å². The lowest BCUT2D eigenvalue weighted by Crippen LogP contribution is -2.54. The minimum atomic E-state index is -0.718. The van der Waals surface area contributed by atoms with Gasteiger partial charge in [-0.3, -0.25) is 9.69 Å². The molecule has 0 aromatic carbocycles. The van der Waals surface area contributed by atoms with Crippen LogP contribution in [-0.4, -0.2) is 54.7 Å². The molecule has 2 aliphatic rings. The molecule has 0 bridgehead atoms. The standard InChI is InChI=1S/C14H24N4O2/c1-10(16)12-7-18(5-6-20-12)8-13(19)17-14(2,9-15)11-3-4-11/h10-12H,3-8,16H2,1-2H3,(H,17,19). The number of morpholine rings is 1. The van der Waals surface area contributed by atoms with Gasteiger partial charge in [0.15, 0.2) is 0 Å². The normalized spacial score (nSPS) is 28.2. The Balaban J connectivity index is 1.83. The highest BCUT2D eigenvalue weighted by Gasteiger charge is 2.43. The van der Waals surface area contributed by atoms with E-state index in [1.54, 1.807) is 0 Å². The third-order valence-electron chi connectivity index (χ3n) is 4.16. The van der Waals surface area contributed by atoms with Gasteiger partial charge in [0.2, 0.25) is 5.91 Å². The molecule has 2 fully saturated rings. The van der Waals surface area contributed by atoms with Crippen molar-refractivity contribution >= 4 is 5.91 Å². The van der Waals surface area contributed by atoms with Gasteiger partial charge in [0.05, 0.1) is 25.3 Å². The van der Waals surface area contributed by atoms with Crippen LogP contribution in [0.5, 0.6) is 0 Å². The summed E-state index contributed by atoms with van der Waals surface area (Å²) in [5, 5.41) is 12.1. The molecule has 1 aliphatic carbocycles. The molecular formula is C14H24N4O2. The molecule has 1 heterocycles. The maximum atomic E-state index is 12.1. The van der Waals surface area contributed by atoms with Crippen LogP contribution >= 0.6 is 0 Å². The fourth-order valence-corrected chi connectivity index (χ4v) is 2.61. The summed E-state index contributed by atoms with van der Waals surface area (Å²) in [4.78, 5) is 14.2. The zero-order valence-electron chi connectivity index (χ0n) is 12.3. The maximum absolute atomic E-state index is 12.1. The number of hydrogen-bond acceptors (Lipinski definition) is 5. The Morgan fingerprint density at radius 3 is 2.90 bits per heavy atom. The molecule has 1 saturated carbocycles. The number of carbonyl (C=O) groups excluding carboxylic acids is 1. The van der Waals surface area contributed by atoms with Gasteiger partial charge in [-0.1, -0.05) is 0 Å². The summed E-state index contributed by atoms with van der Waals surface area (Å²) < 4.78 is 5.57. The van der Waals surface area contributed by atoms with Gasteiger partial charge < -0.3 is 15.8 Å². The van der Waals surface area contributed by atoms with E-state index in [1.807, 2.05) is 18.7 Å². The first-order valence-electron chi connectivity index (χ1n) is 7.26. The van der Waals surface area contributed by atoms with E-state index in [0.29, 0.717) is 25.6 Å². The Kier molecular flexibility index (Phi) is 4.63. The minimum Gasteiger partial charge on any atom is -0.374 e. The molecule has 6 nitrogen and oxygen atoms in total. The summed E-state index contributed by atoms with van der Waals surface area (Å²) >= 11 is 0. The Bertz CT molecular complexity index is 402. The molecule has 3 atom stereocenters. The Hall–Kier alpha value is -1.16. The fraction of sp³-hybridized carbons (Fsp3) is 0.857. The second-order valence-corrected chi connectivity index (χ2v) is 6.14. The highest BCUT2D eigenvalue weighted by atomic mass is 16.5. The zero-order valence-corrected chi connectivity index (χ0v) is 12.3. The summed E-state index contributed by atoms with van der Waals surface area (Å²) in [6, 6.07) is 2.20. The van der Waals surface area contributed by atoms with Crippen molar-refractivity contribution in [3.8, 4) is 6.07 Å². The molecule has 6 heteroatoms. The summed E-state index contributed by atoms with van der Waals surface area (Å²) in [6.07, 6.45) is 2.02. The number of nitrogens with zero attached hydrogens (tertiary/aromatic N) is 2. The van der Waals surface area contributed by atoms with Crippen LogP contribution in [0.25, 0.3) is 0 Å². The highest BCUT2D eigenvalue weighted by Crippen LogP contribution is 2.39. The van der Waals surface area contributed by atoms with Crippen molar-refractivity contribution in [1.82, 2.24) is 10.2 Å². The van der Waals surface area contributed by atoms with Crippen molar-refractivity contribution < 1.29 is 9.53 Å². The number of nitriles is 1. The van der Waals surface area contributed by atoms with Gasteiger partial charge in [-0.2, -0.15) is 5.26 Å². The van der Waals surface area contributed by atoms with Crippen LogP contribution in [0.15, 0.2) is 0 Å². The number of nitrogens with one attached hydrogen (secondary N) is 1. The summed E-state index contributed by atoms with van der Waals surface area (Å²) in [7, 11) is 0. The second kappa shape index (κ2) is 6.08. The van der Waals surface area contributed by atoms with E-state index in [-0.39, 0.29) is 18.1 Å². The largest absolute Gasteiger partial charge is 0.374 e. The molecule has 0 aromatic heterocycles. The highest BCUT2D eigenvalue weighted by molar-refractivity contribution is 5.79. The number of rotatable bonds is 5. The van der Waals surface area contributed by atoms with Crippen molar-refractivity contribution in [2.24, 2.45) is 11.7 Å². The van der Waals surface area contributed by atoms with E-state index in [2.05, 4.69) is 11.4 Å². The zero-order chi connectivity index (χ0) is 14.8. The lowest BCUT2D eigenvalue weighted by atomic mass is 9.98. The maximum Gasteiger partial charge on any atom is 0.235 e. The molecule has 1 amide bonds. The first kappa shape index (κ1) is 15.2. The van der Waals surface area contributed by atoms with Crippen LogP contribution in [0.1, 0.15) is 26.7 Å². The van der Waals surface area contributed by atoms with Crippen molar-refractivity contribution in [1.29, 1.82) is 5.26 Å². The van der Waals surface area contributed by atoms with Crippen molar-refractivity contribution in [2.75, 3.05) is 26.2 Å². The molecule has 0 aromatic rings. The monoisotopic (exact) mass is 280 g/mol. The molecule has 112 valence electrons. The summed E-state index contributed by atoms with van der Waals surface area (Å²) in [5.41, 5.74) is 5.12. The lowest BCUT2D eigenvalue weighted by Gasteiger charge is -2.35. The van der Waals surface area contributed by atoms with Gasteiger partial charge in [-0.25, -0.2) is 0 Å². The molecule has 20 heavy (non-hydrogen) atoms. The number of ether oxygens (including phenoxy) is 1. The van der Waals surface area contributed by atoms with Crippen molar-refractivity contribution in [3.05, 3.63) is 0 Å². The molecule has 3 unspecified atom stereocenters. The summed E-state index contributed by atoms with van der Waals surface area (Å²) in [6.45, 7) is 6.01. The number of carbonyl (C=O) groups is 1. The van der Waals surface area contributed by atoms with Crippen LogP contribution in [0, 0.1) is 17.2 Å². The lowest BCUT2D eigenvalue weighted by molar-refractivity contribution is -0.125. The Morgan fingerprint density at radius 1 is 1.65 bits per heavy atom. The number of hydrogen-bond donors (Lipinski definition) is 2. The first-order chi connectivity index (χ1) is 9.44. The van der Waals surface area contributed by atoms with E-state index in [4.69, 9.17) is 10.5 Å². The molecule has 3 N–H and O–H groups in total. The third-order valence-corrected chi connectivity index (χ3v) is 4.16. The predicted molar refractivity (Wildman–Crippen MR) is 74.7 cm³/mol. The third kappa shape index (κ3) is 3.69. The molecule has 0 radical (unpaired) electrons. The molecule has 2 rings (SSSR count). The topological polar surface area (TPSA) is 91.4 Å². The van der Waals surface area contributed by atoms with E-state index in [1.165, 1.54) is 0 Å². The number of nitrogens with two attached hydrogens (primary N) is 1. The van der Waals surface area contributed by atoms with Gasteiger partial charge in [-0.15, -0.1) is 0 Å². The second-order valence-electron chi connectivity index (χ2n) is 6.14. The quantitative estimate of drug-likeness (QED) is 0.730. The van der Waals surface area contributed by atoms with Gasteiger partial charge >= 0.3 is 0 Å². The van der Waals surface area contributed by atoms with E-state index < -0.39 is 5.54 Å². The number of amides is 1. The van der Waals surface area contributed by atoms with Crippen LogP contribution in [0.3, 0.4) is 0 Å². The fourth-order valence-electron chi connectivity index (χ4n) is 2.61. The average Bonchev–Trinajstić information content (AvgIpc) is 3.23. The van der Waals surface area contributed by atoms with E-state index >= 15 is 0 Å². The minimum absolute atomic E-state index is 0.0256. The smallest absolute Gasteiger partial charge is 0.235 e. The summed E-state index contributed by atoms with van der Waals surface area (Å²) in [5.74, 6) is 0.212.